The van der Waals surface area contributed by atoms with Crippen molar-refractivity contribution in [2.75, 3.05) is 11.0 Å². The molecule has 3 aromatic rings. The molecule has 3 N–H and O–H groups in total. The molecule has 0 aliphatic heterocycles. The average molecular weight is 400 g/mol. The summed E-state index contributed by atoms with van der Waals surface area (Å²) in [6.45, 7) is 0. The molecule has 7 nitrogen and oxygen atoms in total. The fourth-order valence-electron chi connectivity index (χ4n) is 3.48. The number of primary amides is 1. The van der Waals surface area contributed by atoms with Crippen LogP contribution in [-0.4, -0.2) is 30.4 Å². The van der Waals surface area contributed by atoms with Crippen molar-refractivity contribution in [3.8, 4) is 16.9 Å². The number of anilines is 1. The lowest BCUT2D eigenvalue weighted by atomic mass is 9.88. The second-order valence-electron chi connectivity index (χ2n) is 6.67. The van der Waals surface area contributed by atoms with Crippen LogP contribution in [0.15, 0.2) is 42.5 Å². The van der Waals surface area contributed by atoms with Gasteiger partial charge in [-0.2, -0.15) is 5.10 Å². The smallest absolute Gasteiger partial charge is 0.269 e. The van der Waals surface area contributed by atoms with E-state index in [1.165, 1.54) is 12.1 Å². The molecule has 0 saturated carbocycles. The van der Waals surface area contributed by atoms with E-state index in [-0.39, 0.29) is 11.5 Å². The number of nitrogens with two attached hydrogens (primary N) is 1. The van der Waals surface area contributed by atoms with Crippen LogP contribution in [0.3, 0.4) is 0 Å². The summed E-state index contributed by atoms with van der Waals surface area (Å²) in [5.41, 5.74) is 9.74. The summed E-state index contributed by atoms with van der Waals surface area (Å²) >= 11 is 0. The number of nitrogens with zero attached hydrogens (tertiary/aromatic N) is 2. The maximum Gasteiger partial charge on any atom is 0.269 e. The minimum atomic E-state index is -3.44. The molecule has 0 atom stereocenters. The van der Waals surface area contributed by atoms with Gasteiger partial charge in [-0.15, -0.1) is 0 Å². The summed E-state index contributed by atoms with van der Waals surface area (Å²) in [5.74, 6) is -1.04. The number of aromatic nitrogens is 2. The van der Waals surface area contributed by atoms with E-state index < -0.39 is 15.9 Å². The van der Waals surface area contributed by atoms with Gasteiger partial charge in [0.15, 0.2) is 5.69 Å². The Bertz CT molecular complexity index is 1200. The van der Waals surface area contributed by atoms with Crippen LogP contribution in [0.5, 0.6) is 0 Å². The summed E-state index contributed by atoms with van der Waals surface area (Å²) in [6.07, 6.45) is 2.31. The number of hydrogen-bond donors (Lipinski definition) is 2. The van der Waals surface area contributed by atoms with Crippen LogP contribution in [-0.2, 0) is 22.9 Å². The Hall–Kier alpha value is -3.20. The molecule has 0 unspecified atom stereocenters. The van der Waals surface area contributed by atoms with Gasteiger partial charge in [-0.1, -0.05) is 6.07 Å². The number of rotatable bonds is 4. The predicted molar refractivity (Wildman–Crippen MR) is 103 cm³/mol. The normalized spacial score (nSPS) is 12.9. The number of carbonyl (C=O) groups excluding carboxylic acids is 1. The third-order valence-electron chi connectivity index (χ3n) is 4.60. The lowest BCUT2D eigenvalue weighted by Gasteiger charge is -2.20. The second kappa shape index (κ2) is 6.45. The molecular weight excluding hydrogens is 383 g/mol. The summed E-state index contributed by atoms with van der Waals surface area (Å²) in [4.78, 5) is 11.9. The first-order valence-corrected chi connectivity index (χ1v) is 10.4. The monoisotopic (exact) mass is 400 g/mol. The van der Waals surface area contributed by atoms with Crippen LogP contribution in [0.25, 0.3) is 16.9 Å². The van der Waals surface area contributed by atoms with E-state index in [2.05, 4.69) is 9.82 Å². The summed E-state index contributed by atoms with van der Waals surface area (Å²) in [7, 11) is -3.44. The standard InChI is InChI=1S/C19H17FN4O3S/c1-28(26,27)23-13-6-2-11-3-9-15-17(19(21)25)22-24(18(15)16(11)10-13)14-7-4-12(20)5-8-14/h2,4-8,10,23H,3,9H2,1H3,(H2,21,25). The molecule has 144 valence electrons. The predicted octanol–water partition coefficient (Wildman–Crippen LogP) is 2.25. The first-order valence-electron chi connectivity index (χ1n) is 8.51. The number of fused-ring (bicyclic) bond motifs is 3. The molecule has 0 bridgehead atoms. The van der Waals surface area contributed by atoms with E-state index in [9.17, 15) is 17.6 Å². The molecule has 9 heteroatoms. The lowest BCUT2D eigenvalue weighted by Crippen LogP contribution is -2.15. The third-order valence-corrected chi connectivity index (χ3v) is 5.21. The minimum Gasteiger partial charge on any atom is -0.364 e. The van der Waals surface area contributed by atoms with Crippen LogP contribution in [0.4, 0.5) is 10.1 Å². The van der Waals surface area contributed by atoms with Gasteiger partial charge in [0.25, 0.3) is 5.91 Å². The minimum absolute atomic E-state index is 0.159. The zero-order valence-electron chi connectivity index (χ0n) is 14.9. The van der Waals surface area contributed by atoms with Crippen molar-refractivity contribution in [3.05, 3.63) is 65.1 Å². The van der Waals surface area contributed by atoms with Crippen LogP contribution in [0.1, 0.15) is 21.6 Å². The van der Waals surface area contributed by atoms with E-state index in [1.54, 1.807) is 28.9 Å². The van der Waals surface area contributed by atoms with Crippen LogP contribution in [0, 0.1) is 5.82 Å². The molecule has 0 spiro atoms. The first kappa shape index (κ1) is 18.2. The summed E-state index contributed by atoms with van der Waals surface area (Å²) in [6, 6.07) is 11.0. The Morgan fingerprint density at radius 1 is 1.18 bits per heavy atom. The summed E-state index contributed by atoms with van der Waals surface area (Å²) < 4.78 is 40.6. The van der Waals surface area contributed by atoms with Gasteiger partial charge in [-0.05, 0) is 54.8 Å². The molecule has 0 radical (unpaired) electrons. The van der Waals surface area contributed by atoms with Crippen molar-refractivity contribution in [2.24, 2.45) is 5.73 Å². The van der Waals surface area contributed by atoms with E-state index in [0.717, 1.165) is 17.4 Å². The number of aryl methyl sites for hydroxylation is 1. The highest BCUT2D eigenvalue weighted by Crippen LogP contribution is 2.38. The quantitative estimate of drug-likeness (QED) is 0.700. The molecule has 4 rings (SSSR count). The third kappa shape index (κ3) is 3.24. The number of hydrogen-bond acceptors (Lipinski definition) is 4. The zero-order valence-corrected chi connectivity index (χ0v) is 15.8. The molecule has 1 amide bonds. The average Bonchev–Trinajstić information content (AvgIpc) is 3.01. The van der Waals surface area contributed by atoms with E-state index in [1.807, 2.05) is 6.07 Å². The van der Waals surface area contributed by atoms with Gasteiger partial charge in [0.05, 0.1) is 17.6 Å². The van der Waals surface area contributed by atoms with Crippen LogP contribution >= 0.6 is 0 Å². The van der Waals surface area contributed by atoms with Crippen molar-refractivity contribution < 1.29 is 17.6 Å². The zero-order chi connectivity index (χ0) is 20.1. The molecule has 1 heterocycles. The number of benzene rings is 2. The number of sulfonamides is 1. The topological polar surface area (TPSA) is 107 Å². The molecule has 28 heavy (non-hydrogen) atoms. The highest BCUT2D eigenvalue weighted by molar-refractivity contribution is 7.92. The highest BCUT2D eigenvalue weighted by Gasteiger charge is 2.28. The van der Waals surface area contributed by atoms with Gasteiger partial charge in [0.1, 0.15) is 5.82 Å². The van der Waals surface area contributed by atoms with Crippen molar-refractivity contribution >= 4 is 21.6 Å². The number of halogens is 1. The molecular formula is C19H17FN4O3S. The maximum absolute atomic E-state index is 13.4. The van der Waals surface area contributed by atoms with E-state index in [4.69, 9.17) is 5.73 Å². The van der Waals surface area contributed by atoms with Crippen molar-refractivity contribution in [2.45, 2.75) is 12.8 Å². The van der Waals surface area contributed by atoms with Gasteiger partial charge < -0.3 is 5.73 Å². The van der Waals surface area contributed by atoms with Gasteiger partial charge >= 0.3 is 0 Å². The number of nitrogens with one attached hydrogen (secondary N) is 1. The lowest BCUT2D eigenvalue weighted by molar-refractivity contribution is 0.0994. The van der Waals surface area contributed by atoms with E-state index >= 15 is 0 Å². The number of carbonyl (C=O) groups is 1. The van der Waals surface area contributed by atoms with Crippen molar-refractivity contribution in [3.63, 3.8) is 0 Å². The van der Waals surface area contributed by atoms with Gasteiger partial charge in [-0.25, -0.2) is 17.5 Å². The van der Waals surface area contributed by atoms with Crippen molar-refractivity contribution in [1.29, 1.82) is 0 Å². The maximum atomic E-state index is 13.4. The molecule has 0 fully saturated rings. The van der Waals surface area contributed by atoms with Crippen LogP contribution < -0.4 is 10.5 Å². The molecule has 0 saturated heterocycles. The Kier molecular flexibility index (Phi) is 4.19. The Balaban J connectivity index is 1.95. The highest BCUT2D eigenvalue weighted by atomic mass is 32.2. The number of amides is 1. The fourth-order valence-corrected chi connectivity index (χ4v) is 4.04. The Labute approximate surface area is 161 Å². The van der Waals surface area contributed by atoms with Gasteiger partial charge in [-0.3, -0.25) is 9.52 Å². The molecule has 1 aliphatic carbocycles. The summed E-state index contributed by atoms with van der Waals surface area (Å²) in [5, 5.41) is 4.38. The van der Waals surface area contributed by atoms with Gasteiger partial charge in [0.2, 0.25) is 10.0 Å². The Morgan fingerprint density at radius 2 is 1.89 bits per heavy atom. The fraction of sp³-hybridized carbons (Fsp3) is 0.158. The van der Waals surface area contributed by atoms with Crippen molar-refractivity contribution in [1.82, 2.24) is 9.78 Å². The SMILES string of the molecule is CS(=O)(=O)Nc1ccc2c(c1)-c1c(c(C(N)=O)nn1-c1ccc(F)cc1)CC2. The molecule has 1 aromatic heterocycles. The van der Waals surface area contributed by atoms with E-state index in [0.29, 0.717) is 35.5 Å². The van der Waals surface area contributed by atoms with Gasteiger partial charge in [0, 0.05) is 16.8 Å². The Morgan fingerprint density at radius 3 is 2.54 bits per heavy atom. The largest absolute Gasteiger partial charge is 0.364 e. The second-order valence-corrected chi connectivity index (χ2v) is 8.42. The molecule has 2 aromatic carbocycles. The first-order chi connectivity index (χ1) is 13.2. The van der Waals surface area contributed by atoms with Crippen LogP contribution in [0.2, 0.25) is 0 Å². The molecule has 1 aliphatic rings.